The molecule has 0 spiro atoms. The van der Waals surface area contributed by atoms with E-state index in [0.717, 1.165) is 0 Å². The number of hydrogen-bond acceptors (Lipinski definition) is 3. The number of carbonyl (C=O) groups excluding carboxylic acids is 1. The van der Waals surface area contributed by atoms with E-state index in [1.807, 2.05) is 0 Å². The molecule has 2 N–H and O–H groups in total. The molecule has 0 aromatic rings. The highest BCUT2D eigenvalue weighted by atomic mass is 16.2. The van der Waals surface area contributed by atoms with Crippen LogP contribution in [0.2, 0.25) is 0 Å². The van der Waals surface area contributed by atoms with Crippen LogP contribution in [0.3, 0.4) is 0 Å². The van der Waals surface area contributed by atoms with Gasteiger partial charge in [0.05, 0.1) is 5.92 Å². The van der Waals surface area contributed by atoms with Crippen molar-refractivity contribution in [3.63, 3.8) is 0 Å². The maximum Gasteiger partial charge on any atom is 0.226 e. The monoisotopic (exact) mass is 149 g/mol. The molecule has 0 aromatic carbocycles. The summed E-state index contributed by atoms with van der Waals surface area (Å²) in [5.74, 6) is 0.484. The van der Waals surface area contributed by atoms with Gasteiger partial charge in [-0.3, -0.25) is 4.79 Å². The van der Waals surface area contributed by atoms with Crippen LogP contribution in [0.5, 0.6) is 0 Å². The normalized spacial score (nSPS) is 28.0. The molecular formula is C7H7N3O. The first kappa shape index (κ1) is 6.27. The second-order valence-corrected chi connectivity index (χ2v) is 2.59. The van der Waals surface area contributed by atoms with E-state index in [0.29, 0.717) is 18.0 Å². The Morgan fingerprint density at radius 1 is 1.73 bits per heavy atom. The van der Waals surface area contributed by atoms with Gasteiger partial charge in [0.15, 0.2) is 0 Å². The van der Waals surface area contributed by atoms with E-state index in [-0.39, 0.29) is 11.8 Å². The molecule has 0 saturated carbocycles. The minimum atomic E-state index is -0.104. The number of rotatable bonds is 0. The molecule has 0 aliphatic carbocycles. The molecule has 56 valence electrons. The summed E-state index contributed by atoms with van der Waals surface area (Å²) in [5.41, 5.74) is 0.466. The van der Waals surface area contributed by atoms with Gasteiger partial charge in [-0.1, -0.05) is 0 Å². The lowest BCUT2D eigenvalue weighted by molar-refractivity contribution is -0.118. The largest absolute Gasteiger partial charge is 0.314 e. The highest BCUT2D eigenvalue weighted by Gasteiger charge is 2.31. The van der Waals surface area contributed by atoms with Gasteiger partial charge in [0.25, 0.3) is 0 Å². The topological polar surface area (TPSA) is 65.3 Å². The van der Waals surface area contributed by atoms with Crippen LogP contribution in [-0.2, 0) is 4.79 Å². The zero-order chi connectivity index (χ0) is 7.84. The van der Waals surface area contributed by atoms with Crippen molar-refractivity contribution in [1.82, 2.24) is 5.32 Å². The third-order valence-corrected chi connectivity index (χ3v) is 1.83. The standard InChI is InChI=1S/C7H7N3O/c8-5-1-2-9-7-4(5)3-6(11)10-7/h1-2,4,8H,3H2,(H,9,10,11). The Bertz CT molecular complexity index is 290. The van der Waals surface area contributed by atoms with Crippen molar-refractivity contribution < 1.29 is 4.79 Å². The fourth-order valence-electron chi connectivity index (χ4n) is 1.26. The number of hydrogen-bond donors (Lipinski definition) is 2. The quantitative estimate of drug-likeness (QED) is 0.502. The summed E-state index contributed by atoms with van der Waals surface area (Å²) in [6.45, 7) is 0. The van der Waals surface area contributed by atoms with Crippen LogP contribution < -0.4 is 5.32 Å². The van der Waals surface area contributed by atoms with E-state index >= 15 is 0 Å². The van der Waals surface area contributed by atoms with Crippen LogP contribution in [0.1, 0.15) is 6.42 Å². The van der Waals surface area contributed by atoms with Gasteiger partial charge in [-0.2, -0.15) is 0 Å². The van der Waals surface area contributed by atoms with Crippen LogP contribution in [0, 0.1) is 11.3 Å². The van der Waals surface area contributed by atoms with Gasteiger partial charge in [-0.05, 0) is 6.08 Å². The van der Waals surface area contributed by atoms with Gasteiger partial charge in [-0.15, -0.1) is 0 Å². The fraction of sp³-hybridized carbons (Fsp3) is 0.286. The van der Waals surface area contributed by atoms with Crippen molar-refractivity contribution in [1.29, 1.82) is 5.41 Å². The molecule has 1 fully saturated rings. The lowest BCUT2D eigenvalue weighted by atomic mass is 10.00. The number of nitrogens with zero attached hydrogens (tertiary/aromatic N) is 1. The van der Waals surface area contributed by atoms with Gasteiger partial charge < -0.3 is 10.7 Å². The Labute approximate surface area is 63.5 Å². The van der Waals surface area contributed by atoms with Crippen LogP contribution in [0.4, 0.5) is 0 Å². The molecule has 1 atom stereocenters. The van der Waals surface area contributed by atoms with Gasteiger partial charge >= 0.3 is 0 Å². The Hall–Kier alpha value is -1.45. The van der Waals surface area contributed by atoms with E-state index in [4.69, 9.17) is 5.41 Å². The van der Waals surface area contributed by atoms with Crippen molar-refractivity contribution in [3.8, 4) is 0 Å². The van der Waals surface area contributed by atoms with Gasteiger partial charge in [-0.25, -0.2) is 4.99 Å². The van der Waals surface area contributed by atoms with Crippen molar-refractivity contribution in [2.24, 2.45) is 10.9 Å². The maximum atomic E-state index is 10.8. The summed E-state index contributed by atoms with van der Waals surface area (Å²) in [5, 5.41) is 10.1. The van der Waals surface area contributed by atoms with Crippen LogP contribution in [-0.4, -0.2) is 17.5 Å². The minimum absolute atomic E-state index is 0.0396. The predicted molar refractivity (Wildman–Crippen MR) is 40.6 cm³/mol. The Morgan fingerprint density at radius 3 is 3.27 bits per heavy atom. The Morgan fingerprint density at radius 2 is 2.55 bits per heavy atom. The summed E-state index contributed by atoms with van der Waals surface area (Å²) in [6, 6.07) is 0. The van der Waals surface area contributed by atoms with Crippen molar-refractivity contribution in [2.75, 3.05) is 0 Å². The summed E-state index contributed by atoms with van der Waals surface area (Å²) in [4.78, 5) is 14.8. The Balaban J connectivity index is 2.35. The molecule has 1 amide bonds. The average molecular weight is 149 g/mol. The van der Waals surface area contributed by atoms with E-state index in [1.54, 1.807) is 12.3 Å². The number of nitrogens with one attached hydrogen (secondary N) is 2. The number of fused-ring (bicyclic) bond motifs is 1. The van der Waals surface area contributed by atoms with E-state index < -0.39 is 0 Å². The smallest absolute Gasteiger partial charge is 0.226 e. The summed E-state index contributed by atoms with van der Waals surface area (Å²) >= 11 is 0. The first-order valence-electron chi connectivity index (χ1n) is 3.40. The molecule has 11 heavy (non-hydrogen) atoms. The molecule has 2 aliphatic heterocycles. The second kappa shape index (κ2) is 2.02. The Kier molecular flexibility index (Phi) is 1.15. The maximum absolute atomic E-state index is 10.8. The molecule has 0 radical (unpaired) electrons. The van der Waals surface area contributed by atoms with Gasteiger partial charge in [0.2, 0.25) is 5.91 Å². The first-order valence-corrected chi connectivity index (χ1v) is 3.40. The molecular weight excluding hydrogens is 142 g/mol. The molecule has 0 aromatic heterocycles. The van der Waals surface area contributed by atoms with Crippen LogP contribution in [0.25, 0.3) is 0 Å². The number of allylic oxidation sites excluding steroid dienone is 1. The van der Waals surface area contributed by atoms with E-state index in [2.05, 4.69) is 10.3 Å². The zero-order valence-corrected chi connectivity index (χ0v) is 5.79. The first-order chi connectivity index (χ1) is 5.27. The molecule has 2 heterocycles. The molecule has 4 nitrogen and oxygen atoms in total. The summed E-state index contributed by atoms with van der Waals surface area (Å²) < 4.78 is 0. The van der Waals surface area contributed by atoms with Gasteiger partial charge in [0, 0.05) is 18.3 Å². The van der Waals surface area contributed by atoms with Gasteiger partial charge in [0.1, 0.15) is 5.84 Å². The molecule has 2 aliphatic rings. The van der Waals surface area contributed by atoms with E-state index in [1.165, 1.54) is 0 Å². The molecule has 2 rings (SSSR count). The third kappa shape index (κ3) is 0.869. The average Bonchev–Trinajstić information content (AvgIpc) is 2.31. The van der Waals surface area contributed by atoms with Crippen molar-refractivity contribution in [3.05, 3.63) is 12.3 Å². The fourth-order valence-corrected chi connectivity index (χ4v) is 1.26. The van der Waals surface area contributed by atoms with Crippen LogP contribution >= 0.6 is 0 Å². The highest BCUT2D eigenvalue weighted by molar-refractivity contribution is 6.20. The second-order valence-electron chi connectivity index (χ2n) is 2.59. The number of aliphatic imine (C=N–C) groups is 1. The number of amides is 1. The highest BCUT2D eigenvalue weighted by Crippen LogP contribution is 2.17. The van der Waals surface area contributed by atoms with Crippen molar-refractivity contribution >= 4 is 17.5 Å². The SMILES string of the molecule is N=C1C=CN=C2NC(=O)CC12. The number of amidine groups is 1. The van der Waals surface area contributed by atoms with E-state index in [9.17, 15) is 4.79 Å². The predicted octanol–water partition coefficient (Wildman–Crippen LogP) is 0.0681. The molecule has 1 saturated heterocycles. The lowest BCUT2D eigenvalue weighted by Gasteiger charge is -2.09. The lowest BCUT2D eigenvalue weighted by Crippen LogP contribution is -2.27. The summed E-state index contributed by atoms with van der Waals surface area (Å²) in [6.07, 6.45) is 3.54. The zero-order valence-electron chi connectivity index (χ0n) is 5.79. The van der Waals surface area contributed by atoms with Crippen molar-refractivity contribution in [2.45, 2.75) is 6.42 Å². The molecule has 0 bridgehead atoms. The third-order valence-electron chi connectivity index (χ3n) is 1.83. The minimum Gasteiger partial charge on any atom is -0.314 e. The van der Waals surface area contributed by atoms with Crippen LogP contribution in [0.15, 0.2) is 17.3 Å². The summed E-state index contributed by atoms with van der Waals surface area (Å²) in [7, 11) is 0. The number of carbonyl (C=O) groups is 1. The molecule has 4 heteroatoms. The molecule has 1 unspecified atom stereocenters.